The number of ether oxygens (including phenoxy) is 1. The summed E-state index contributed by atoms with van der Waals surface area (Å²) >= 11 is 0. The third-order valence-corrected chi connectivity index (χ3v) is 3.64. The standard InChI is InChI=1S/C15H21NO4/c1-16(9-12-7-13(17)14(18)8-12)15(19)20-10-11-5-3-2-4-6-11/h2-6,12-14,17-18H,7-10H2,1H3/t12?,13-,14+. The number of benzene rings is 1. The highest BCUT2D eigenvalue weighted by Gasteiger charge is 2.32. The Kier molecular flexibility index (Phi) is 4.98. The Hall–Kier alpha value is -1.59. The molecule has 1 amide bonds. The van der Waals surface area contributed by atoms with Crippen molar-refractivity contribution < 1.29 is 19.7 Å². The molecular formula is C15H21NO4. The predicted octanol–water partition coefficient (Wildman–Crippen LogP) is 1.39. The van der Waals surface area contributed by atoms with Gasteiger partial charge in [-0.15, -0.1) is 0 Å². The van der Waals surface area contributed by atoms with Gasteiger partial charge in [-0.25, -0.2) is 4.79 Å². The first-order chi connectivity index (χ1) is 9.56. The van der Waals surface area contributed by atoms with Gasteiger partial charge < -0.3 is 19.8 Å². The van der Waals surface area contributed by atoms with Gasteiger partial charge >= 0.3 is 6.09 Å². The number of carbonyl (C=O) groups excluding carboxylic acids is 1. The number of carbonyl (C=O) groups is 1. The fourth-order valence-electron chi connectivity index (χ4n) is 2.53. The molecule has 1 fully saturated rings. The molecule has 0 aromatic heterocycles. The summed E-state index contributed by atoms with van der Waals surface area (Å²) in [6.45, 7) is 0.738. The van der Waals surface area contributed by atoms with Gasteiger partial charge in [0.05, 0.1) is 12.2 Å². The van der Waals surface area contributed by atoms with Gasteiger partial charge in [0.1, 0.15) is 6.61 Å². The van der Waals surface area contributed by atoms with Crippen molar-refractivity contribution in [1.82, 2.24) is 4.90 Å². The van der Waals surface area contributed by atoms with Crippen LogP contribution in [0.4, 0.5) is 4.79 Å². The van der Waals surface area contributed by atoms with E-state index in [9.17, 15) is 15.0 Å². The van der Waals surface area contributed by atoms with Crippen LogP contribution < -0.4 is 0 Å². The van der Waals surface area contributed by atoms with E-state index in [1.54, 1.807) is 7.05 Å². The van der Waals surface area contributed by atoms with Gasteiger partial charge in [-0.3, -0.25) is 0 Å². The van der Waals surface area contributed by atoms with Crippen LogP contribution in [0, 0.1) is 5.92 Å². The largest absolute Gasteiger partial charge is 0.445 e. The Morgan fingerprint density at radius 1 is 1.25 bits per heavy atom. The SMILES string of the molecule is CN(CC1C[C@@H](O)[C@@H](O)C1)C(=O)OCc1ccccc1. The van der Waals surface area contributed by atoms with Crippen LogP contribution in [-0.4, -0.2) is 47.0 Å². The van der Waals surface area contributed by atoms with E-state index < -0.39 is 12.2 Å². The highest BCUT2D eigenvalue weighted by atomic mass is 16.6. The molecule has 20 heavy (non-hydrogen) atoms. The maximum atomic E-state index is 11.8. The molecule has 1 aromatic carbocycles. The van der Waals surface area contributed by atoms with E-state index in [0.29, 0.717) is 19.4 Å². The fraction of sp³-hybridized carbons (Fsp3) is 0.533. The topological polar surface area (TPSA) is 70.0 Å². The molecule has 1 unspecified atom stereocenters. The molecule has 2 rings (SSSR count). The zero-order chi connectivity index (χ0) is 14.5. The molecule has 5 nitrogen and oxygen atoms in total. The second kappa shape index (κ2) is 6.72. The smallest absolute Gasteiger partial charge is 0.409 e. The summed E-state index contributed by atoms with van der Waals surface area (Å²) in [5.74, 6) is 0.120. The minimum atomic E-state index is -0.672. The molecule has 1 saturated carbocycles. The molecule has 1 aliphatic carbocycles. The number of aliphatic hydroxyl groups is 2. The van der Waals surface area contributed by atoms with Crippen molar-refractivity contribution >= 4 is 6.09 Å². The van der Waals surface area contributed by atoms with Crippen LogP contribution >= 0.6 is 0 Å². The summed E-state index contributed by atoms with van der Waals surface area (Å²) in [6, 6.07) is 9.50. The minimum Gasteiger partial charge on any atom is -0.445 e. The molecule has 0 heterocycles. The van der Waals surface area contributed by atoms with Gasteiger partial charge in [0.2, 0.25) is 0 Å². The third-order valence-electron chi connectivity index (χ3n) is 3.64. The first-order valence-corrected chi connectivity index (χ1v) is 6.84. The van der Waals surface area contributed by atoms with Crippen molar-refractivity contribution in [1.29, 1.82) is 0 Å². The molecular weight excluding hydrogens is 258 g/mol. The number of hydrogen-bond acceptors (Lipinski definition) is 4. The van der Waals surface area contributed by atoms with E-state index in [2.05, 4.69) is 0 Å². The molecule has 0 radical (unpaired) electrons. The lowest BCUT2D eigenvalue weighted by Gasteiger charge is -2.20. The molecule has 110 valence electrons. The Morgan fingerprint density at radius 3 is 2.45 bits per heavy atom. The number of amides is 1. The van der Waals surface area contributed by atoms with Gasteiger partial charge in [0.15, 0.2) is 0 Å². The Labute approximate surface area is 118 Å². The van der Waals surface area contributed by atoms with E-state index >= 15 is 0 Å². The molecule has 2 N–H and O–H groups in total. The summed E-state index contributed by atoms with van der Waals surface area (Å²) in [6.07, 6.45) is -0.679. The van der Waals surface area contributed by atoms with E-state index in [4.69, 9.17) is 4.74 Å². The third kappa shape index (κ3) is 3.95. The van der Waals surface area contributed by atoms with E-state index in [1.807, 2.05) is 30.3 Å². The molecule has 0 bridgehead atoms. The van der Waals surface area contributed by atoms with Crippen LogP contribution in [0.25, 0.3) is 0 Å². The van der Waals surface area contributed by atoms with Gasteiger partial charge in [-0.2, -0.15) is 0 Å². The number of rotatable bonds is 4. The average molecular weight is 279 g/mol. The molecule has 0 saturated heterocycles. The number of hydrogen-bond donors (Lipinski definition) is 2. The zero-order valence-electron chi connectivity index (χ0n) is 11.6. The minimum absolute atomic E-state index is 0.120. The van der Waals surface area contributed by atoms with Gasteiger partial charge in [0, 0.05) is 13.6 Å². The first-order valence-electron chi connectivity index (χ1n) is 6.84. The lowest BCUT2D eigenvalue weighted by atomic mass is 10.1. The van der Waals surface area contributed by atoms with Crippen LogP contribution in [0.3, 0.4) is 0 Å². The van der Waals surface area contributed by atoms with Gasteiger partial charge in [-0.05, 0) is 24.3 Å². The lowest BCUT2D eigenvalue weighted by molar-refractivity contribution is 0.0438. The second-order valence-corrected chi connectivity index (χ2v) is 5.39. The van der Waals surface area contributed by atoms with Crippen molar-refractivity contribution in [3.63, 3.8) is 0 Å². The monoisotopic (exact) mass is 279 g/mol. The summed E-state index contributed by atoms with van der Waals surface area (Å²) in [7, 11) is 1.67. The quantitative estimate of drug-likeness (QED) is 0.873. The molecule has 0 aliphatic heterocycles. The maximum Gasteiger partial charge on any atom is 0.409 e. The molecule has 3 atom stereocenters. The van der Waals surface area contributed by atoms with Gasteiger partial charge in [0.25, 0.3) is 0 Å². The summed E-state index contributed by atoms with van der Waals surface area (Å²) in [5.41, 5.74) is 0.945. The maximum absolute atomic E-state index is 11.8. The first kappa shape index (κ1) is 14.8. The summed E-state index contributed by atoms with van der Waals surface area (Å²) < 4.78 is 5.22. The van der Waals surface area contributed by atoms with Crippen LogP contribution in [0.15, 0.2) is 30.3 Å². The van der Waals surface area contributed by atoms with Crippen molar-refractivity contribution in [3.8, 4) is 0 Å². The highest BCUT2D eigenvalue weighted by Crippen LogP contribution is 2.26. The van der Waals surface area contributed by atoms with E-state index in [0.717, 1.165) is 5.56 Å². The summed E-state index contributed by atoms with van der Waals surface area (Å²) in [4.78, 5) is 13.3. The average Bonchev–Trinajstić information content (AvgIpc) is 2.75. The van der Waals surface area contributed by atoms with Crippen LogP contribution in [0.5, 0.6) is 0 Å². The van der Waals surface area contributed by atoms with E-state index in [-0.39, 0.29) is 18.6 Å². The van der Waals surface area contributed by atoms with Crippen LogP contribution in [0.1, 0.15) is 18.4 Å². The normalized spacial score (nSPS) is 25.4. The summed E-state index contributed by atoms with van der Waals surface area (Å²) in [5, 5.41) is 19.0. The Balaban J connectivity index is 1.75. The fourth-order valence-corrected chi connectivity index (χ4v) is 2.53. The molecule has 0 spiro atoms. The van der Waals surface area contributed by atoms with Crippen molar-refractivity contribution in [3.05, 3.63) is 35.9 Å². The predicted molar refractivity (Wildman–Crippen MR) is 74.0 cm³/mol. The number of aliphatic hydroxyl groups excluding tert-OH is 2. The van der Waals surface area contributed by atoms with E-state index in [1.165, 1.54) is 4.90 Å². The second-order valence-electron chi connectivity index (χ2n) is 5.39. The van der Waals surface area contributed by atoms with Crippen molar-refractivity contribution in [2.45, 2.75) is 31.7 Å². The zero-order valence-corrected chi connectivity index (χ0v) is 11.6. The molecule has 5 heteroatoms. The van der Waals surface area contributed by atoms with Crippen LogP contribution in [0.2, 0.25) is 0 Å². The van der Waals surface area contributed by atoms with Crippen molar-refractivity contribution in [2.24, 2.45) is 5.92 Å². The highest BCUT2D eigenvalue weighted by molar-refractivity contribution is 5.67. The number of nitrogens with zero attached hydrogens (tertiary/aromatic N) is 1. The Bertz CT molecular complexity index is 427. The molecule has 1 aliphatic rings. The molecule has 1 aromatic rings. The van der Waals surface area contributed by atoms with Crippen LogP contribution in [-0.2, 0) is 11.3 Å². The van der Waals surface area contributed by atoms with Crippen molar-refractivity contribution in [2.75, 3.05) is 13.6 Å². The lowest BCUT2D eigenvalue weighted by Crippen LogP contribution is -2.31. The van der Waals surface area contributed by atoms with Gasteiger partial charge in [-0.1, -0.05) is 30.3 Å². The Morgan fingerprint density at radius 2 is 1.85 bits per heavy atom.